The van der Waals surface area contributed by atoms with Gasteiger partial charge < -0.3 is 20.5 Å². The van der Waals surface area contributed by atoms with Crippen LogP contribution in [0, 0.1) is 0 Å². The number of ether oxygens (including phenoxy) is 2. The van der Waals surface area contributed by atoms with E-state index in [-0.39, 0.29) is 6.04 Å². The fourth-order valence-electron chi connectivity index (χ4n) is 1.39. The van der Waals surface area contributed by atoms with Crippen LogP contribution in [0.25, 0.3) is 0 Å². The largest absolute Gasteiger partial charge is 0.497 e. The number of methoxy groups -OCH3 is 1. The molecule has 0 saturated heterocycles. The van der Waals surface area contributed by atoms with E-state index in [0.29, 0.717) is 12.3 Å². The highest BCUT2D eigenvalue weighted by atomic mass is 16.5. The molecular formula is C12H20N2O2. The van der Waals surface area contributed by atoms with Gasteiger partial charge in [-0.15, -0.1) is 0 Å². The smallest absolute Gasteiger partial charge is 0.121 e. The van der Waals surface area contributed by atoms with Crippen molar-refractivity contribution in [3.63, 3.8) is 0 Å². The number of rotatable bonds is 6. The number of nitrogens with one attached hydrogen (secondary N) is 1. The Labute approximate surface area is 96.7 Å². The molecule has 3 N–H and O–H groups in total. The van der Waals surface area contributed by atoms with Gasteiger partial charge in [-0.25, -0.2) is 0 Å². The minimum atomic E-state index is 0.217. The highest BCUT2D eigenvalue weighted by Crippen LogP contribution is 2.24. The van der Waals surface area contributed by atoms with Gasteiger partial charge in [-0.3, -0.25) is 0 Å². The fraction of sp³-hybridized carbons (Fsp3) is 0.500. The zero-order valence-electron chi connectivity index (χ0n) is 10.1. The van der Waals surface area contributed by atoms with E-state index in [2.05, 4.69) is 12.2 Å². The van der Waals surface area contributed by atoms with E-state index >= 15 is 0 Å². The van der Waals surface area contributed by atoms with Crippen LogP contribution in [0.4, 0.5) is 11.4 Å². The molecule has 0 fully saturated rings. The summed E-state index contributed by atoms with van der Waals surface area (Å²) >= 11 is 0. The summed E-state index contributed by atoms with van der Waals surface area (Å²) in [6.07, 6.45) is 0. The Morgan fingerprint density at radius 1 is 1.44 bits per heavy atom. The van der Waals surface area contributed by atoms with E-state index < -0.39 is 0 Å². The van der Waals surface area contributed by atoms with E-state index in [1.165, 1.54) is 0 Å². The molecule has 1 rings (SSSR count). The Morgan fingerprint density at radius 2 is 2.19 bits per heavy atom. The second-order valence-corrected chi connectivity index (χ2v) is 3.66. The van der Waals surface area contributed by atoms with Gasteiger partial charge in [0.25, 0.3) is 0 Å². The summed E-state index contributed by atoms with van der Waals surface area (Å²) in [5.74, 6) is 0.792. The first-order valence-electron chi connectivity index (χ1n) is 5.45. The van der Waals surface area contributed by atoms with Crippen molar-refractivity contribution < 1.29 is 9.47 Å². The Hall–Kier alpha value is -1.42. The molecule has 0 saturated carbocycles. The van der Waals surface area contributed by atoms with E-state index in [4.69, 9.17) is 15.2 Å². The summed E-state index contributed by atoms with van der Waals surface area (Å²) < 4.78 is 10.5. The summed E-state index contributed by atoms with van der Waals surface area (Å²) in [5, 5.41) is 3.29. The first-order chi connectivity index (χ1) is 7.67. The lowest BCUT2D eigenvalue weighted by atomic mass is 10.2. The molecule has 1 aromatic carbocycles. The molecular weight excluding hydrogens is 204 g/mol. The second-order valence-electron chi connectivity index (χ2n) is 3.66. The van der Waals surface area contributed by atoms with Gasteiger partial charge >= 0.3 is 0 Å². The summed E-state index contributed by atoms with van der Waals surface area (Å²) in [7, 11) is 1.64. The van der Waals surface area contributed by atoms with Crippen molar-refractivity contribution in [2.24, 2.45) is 0 Å². The molecule has 0 radical (unpaired) electrons. The number of nitrogens with two attached hydrogens (primary N) is 1. The van der Waals surface area contributed by atoms with Crippen LogP contribution in [-0.2, 0) is 4.74 Å². The van der Waals surface area contributed by atoms with Gasteiger partial charge in [-0.1, -0.05) is 0 Å². The molecule has 0 heterocycles. The van der Waals surface area contributed by atoms with Crippen molar-refractivity contribution in [3.05, 3.63) is 18.2 Å². The van der Waals surface area contributed by atoms with Crippen molar-refractivity contribution in [3.8, 4) is 5.75 Å². The maximum atomic E-state index is 5.86. The highest BCUT2D eigenvalue weighted by Gasteiger charge is 2.05. The van der Waals surface area contributed by atoms with Crippen LogP contribution in [0.1, 0.15) is 13.8 Å². The summed E-state index contributed by atoms with van der Waals surface area (Å²) in [5.41, 5.74) is 7.46. The quantitative estimate of drug-likeness (QED) is 0.727. The predicted octanol–water partition coefficient (Wildman–Crippen LogP) is 2.11. The lowest BCUT2D eigenvalue weighted by molar-refractivity contribution is 0.141. The summed E-state index contributed by atoms with van der Waals surface area (Å²) in [4.78, 5) is 0. The Kier molecular flexibility index (Phi) is 4.92. The lowest BCUT2D eigenvalue weighted by Crippen LogP contribution is -2.22. The molecule has 4 heteroatoms. The van der Waals surface area contributed by atoms with E-state index in [1.54, 1.807) is 7.11 Å². The van der Waals surface area contributed by atoms with Crippen molar-refractivity contribution in [2.45, 2.75) is 19.9 Å². The first kappa shape index (κ1) is 12.6. The van der Waals surface area contributed by atoms with Gasteiger partial charge in [0.1, 0.15) is 5.75 Å². The van der Waals surface area contributed by atoms with Crippen LogP contribution < -0.4 is 15.8 Å². The van der Waals surface area contributed by atoms with Crippen LogP contribution in [-0.4, -0.2) is 26.4 Å². The van der Waals surface area contributed by atoms with E-state index in [9.17, 15) is 0 Å². The second kappa shape index (κ2) is 6.23. The maximum absolute atomic E-state index is 5.86. The highest BCUT2D eigenvalue weighted by molar-refractivity contribution is 5.68. The SMILES string of the molecule is CCOCC(C)Nc1cc(OC)ccc1N. The van der Waals surface area contributed by atoms with Crippen molar-refractivity contribution in [1.82, 2.24) is 0 Å². The molecule has 0 aliphatic rings. The van der Waals surface area contributed by atoms with Gasteiger partial charge in [0.15, 0.2) is 0 Å². The van der Waals surface area contributed by atoms with Crippen molar-refractivity contribution in [2.75, 3.05) is 31.4 Å². The molecule has 1 aromatic rings. The van der Waals surface area contributed by atoms with Gasteiger partial charge in [0.05, 0.1) is 25.1 Å². The molecule has 0 aromatic heterocycles. The van der Waals surface area contributed by atoms with Crippen LogP contribution in [0.2, 0.25) is 0 Å². The molecule has 0 aliphatic carbocycles. The minimum Gasteiger partial charge on any atom is -0.497 e. The third-order valence-electron chi connectivity index (χ3n) is 2.23. The zero-order chi connectivity index (χ0) is 12.0. The average molecular weight is 224 g/mol. The normalized spacial score (nSPS) is 12.2. The molecule has 0 amide bonds. The lowest BCUT2D eigenvalue weighted by Gasteiger charge is -2.17. The molecule has 1 atom stereocenters. The van der Waals surface area contributed by atoms with Gasteiger partial charge in [-0.05, 0) is 26.0 Å². The molecule has 1 unspecified atom stereocenters. The van der Waals surface area contributed by atoms with Gasteiger partial charge in [-0.2, -0.15) is 0 Å². The van der Waals surface area contributed by atoms with Gasteiger partial charge in [0.2, 0.25) is 0 Å². The minimum absolute atomic E-state index is 0.217. The number of benzene rings is 1. The number of hydrogen-bond donors (Lipinski definition) is 2. The third kappa shape index (κ3) is 3.62. The van der Waals surface area contributed by atoms with Crippen LogP contribution >= 0.6 is 0 Å². The van der Waals surface area contributed by atoms with Crippen LogP contribution in [0.5, 0.6) is 5.75 Å². The van der Waals surface area contributed by atoms with E-state index in [1.807, 2.05) is 25.1 Å². The first-order valence-corrected chi connectivity index (χ1v) is 5.45. The van der Waals surface area contributed by atoms with Crippen LogP contribution in [0.15, 0.2) is 18.2 Å². The Morgan fingerprint density at radius 3 is 2.81 bits per heavy atom. The monoisotopic (exact) mass is 224 g/mol. The molecule has 0 aliphatic heterocycles. The zero-order valence-corrected chi connectivity index (χ0v) is 10.1. The Bertz CT molecular complexity index is 329. The summed E-state index contributed by atoms with van der Waals surface area (Å²) in [6.45, 7) is 5.41. The maximum Gasteiger partial charge on any atom is 0.121 e. The predicted molar refractivity (Wildman–Crippen MR) is 67.0 cm³/mol. The van der Waals surface area contributed by atoms with Crippen LogP contribution in [0.3, 0.4) is 0 Å². The number of hydrogen-bond acceptors (Lipinski definition) is 4. The molecule has 0 spiro atoms. The number of nitrogen functional groups attached to an aromatic ring is 1. The molecule has 16 heavy (non-hydrogen) atoms. The van der Waals surface area contributed by atoms with Crippen molar-refractivity contribution in [1.29, 1.82) is 0 Å². The van der Waals surface area contributed by atoms with Crippen molar-refractivity contribution >= 4 is 11.4 Å². The average Bonchev–Trinajstić information content (AvgIpc) is 2.29. The van der Waals surface area contributed by atoms with E-state index in [0.717, 1.165) is 18.0 Å². The summed E-state index contributed by atoms with van der Waals surface area (Å²) in [6, 6.07) is 5.77. The Balaban J connectivity index is 2.64. The molecule has 4 nitrogen and oxygen atoms in total. The number of anilines is 2. The third-order valence-corrected chi connectivity index (χ3v) is 2.23. The fourth-order valence-corrected chi connectivity index (χ4v) is 1.39. The van der Waals surface area contributed by atoms with Gasteiger partial charge in [0, 0.05) is 18.7 Å². The molecule has 0 bridgehead atoms. The molecule has 90 valence electrons. The topological polar surface area (TPSA) is 56.5 Å². The standard InChI is InChI=1S/C12H20N2O2/c1-4-16-8-9(2)14-12-7-10(15-3)5-6-11(12)13/h5-7,9,14H,4,8,13H2,1-3H3.